The molecule has 0 radical (unpaired) electrons. The minimum atomic E-state index is -0.909. The molecule has 0 atom stereocenters. The molecule has 3 amide bonds. The number of nitrogens with zero attached hydrogens (tertiary/aromatic N) is 1. The summed E-state index contributed by atoms with van der Waals surface area (Å²) in [7, 11) is 0. The molecule has 1 heterocycles. The van der Waals surface area contributed by atoms with Gasteiger partial charge in [0.15, 0.2) is 0 Å². The fraction of sp³-hybridized carbons (Fsp3) is 0.615. The molecule has 1 aliphatic heterocycles. The second-order valence-corrected chi connectivity index (χ2v) is 8.25. The zero-order chi connectivity index (χ0) is 30.9. The van der Waals surface area contributed by atoms with Crippen LogP contribution < -0.4 is 5.32 Å². The van der Waals surface area contributed by atoms with Crippen molar-refractivity contribution in [3.8, 4) is 0 Å². The summed E-state index contributed by atoms with van der Waals surface area (Å²) < 4.78 is 20.1. The van der Waals surface area contributed by atoms with E-state index in [0.29, 0.717) is 31.1 Å². The highest BCUT2D eigenvalue weighted by molar-refractivity contribution is 6.01. The molecule has 1 saturated heterocycles. The Labute approximate surface area is 238 Å². The summed E-state index contributed by atoms with van der Waals surface area (Å²) in [6.07, 6.45) is 3.19. The normalized spacial score (nSPS) is 12.1. The third kappa shape index (κ3) is 19.7. The van der Waals surface area contributed by atoms with Crippen LogP contribution in [-0.4, -0.2) is 90.2 Å². The molecule has 0 bridgehead atoms. The van der Waals surface area contributed by atoms with Gasteiger partial charge in [0.2, 0.25) is 5.91 Å². The first-order valence-corrected chi connectivity index (χ1v) is 13.0. The van der Waals surface area contributed by atoms with E-state index in [9.17, 15) is 28.8 Å². The van der Waals surface area contributed by atoms with Crippen molar-refractivity contribution in [2.75, 3.05) is 33.2 Å². The summed E-state index contributed by atoms with van der Waals surface area (Å²) in [5.41, 5.74) is 0. The average Bonchev–Trinajstić information content (AvgIpc) is 3.25. The molecule has 0 aromatic carbocycles. The van der Waals surface area contributed by atoms with Gasteiger partial charge >= 0.3 is 17.9 Å². The molecule has 232 valence electrons. The smallest absolute Gasteiger partial charge is 0.333 e. The van der Waals surface area contributed by atoms with Crippen LogP contribution in [-0.2, 0) is 52.6 Å². The van der Waals surface area contributed by atoms with Crippen LogP contribution in [0.1, 0.15) is 64.2 Å². The highest BCUT2D eigenvalue weighted by Gasteiger charge is 2.32. The van der Waals surface area contributed by atoms with Gasteiger partial charge < -0.3 is 39.3 Å². The van der Waals surface area contributed by atoms with E-state index in [1.54, 1.807) is 0 Å². The SMILES string of the molecule is C=COCCCOC(=O)CCC(CCC(=O)OCCCOC=C)NC(=O)CCC(=O)ON1C(=O)CCC1=O.OCO. The van der Waals surface area contributed by atoms with Gasteiger partial charge in [-0.25, -0.2) is 4.79 Å². The lowest BCUT2D eigenvalue weighted by Gasteiger charge is -2.18. The van der Waals surface area contributed by atoms with Crippen molar-refractivity contribution in [2.45, 2.75) is 70.3 Å². The maximum Gasteiger partial charge on any atom is 0.333 e. The van der Waals surface area contributed by atoms with E-state index in [0.717, 1.165) is 0 Å². The number of carbonyl (C=O) groups excluding carboxylic acids is 6. The molecule has 15 heteroatoms. The number of esters is 2. The standard InChI is InChI=1S/C25H36N2O11.CH4O2/c1-3-34-15-5-17-36-23(31)12-7-19(8-13-24(32)37-18-6-16-35-4-2)26-20(28)9-14-25(33)38-27-21(29)10-11-22(27)30;2-1-3/h3-4,19H,1-2,5-18H2,(H,26,28);2-3H,1H2. The topological polar surface area (TPSA) is 204 Å². The van der Waals surface area contributed by atoms with Gasteiger partial charge in [0.1, 0.15) is 6.79 Å². The average molecular weight is 589 g/mol. The van der Waals surface area contributed by atoms with Gasteiger partial charge in [0.05, 0.1) is 45.4 Å². The Bertz CT molecular complexity index is 812. The second-order valence-electron chi connectivity index (χ2n) is 8.25. The number of hydroxylamine groups is 2. The molecule has 0 saturated carbocycles. The number of ether oxygens (including phenoxy) is 4. The molecule has 1 aliphatic rings. The number of hydrogen-bond donors (Lipinski definition) is 3. The van der Waals surface area contributed by atoms with Crippen LogP contribution in [0.25, 0.3) is 0 Å². The Morgan fingerprint density at radius 1 is 0.780 bits per heavy atom. The van der Waals surface area contributed by atoms with Gasteiger partial charge in [-0.2, -0.15) is 0 Å². The summed E-state index contributed by atoms with van der Waals surface area (Å²) in [5, 5.41) is 17.4. The Hall–Kier alpha value is -3.98. The number of aliphatic hydroxyl groups is 2. The van der Waals surface area contributed by atoms with Crippen molar-refractivity contribution in [1.29, 1.82) is 0 Å². The molecule has 0 spiro atoms. The van der Waals surface area contributed by atoms with Gasteiger partial charge in [-0.15, -0.1) is 5.06 Å². The predicted molar refractivity (Wildman–Crippen MR) is 140 cm³/mol. The first-order chi connectivity index (χ1) is 19.7. The molecule has 1 fully saturated rings. The van der Waals surface area contributed by atoms with Crippen molar-refractivity contribution in [1.82, 2.24) is 10.4 Å². The van der Waals surface area contributed by atoms with Gasteiger partial charge in [-0.1, -0.05) is 13.2 Å². The Morgan fingerprint density at radius 2 is 1.24 bits per heavy atom. The molecule has 0 aromatic rings. The lowest BCUT2D eigenvalue weighted by Crippen LogP contribution is -2.37. The van der Waals surface area contributed by atoms with E-state index in [2.05, 4.69) is 18.5 Å². The van der Waals surface area contributed by atoms with Crippen molar-refractivity contribution >= 4 is 35.6 Å². The van der Waals surface area contributed by atoms with E-state index >= 15 is 0 Å². The fourth-order valence-corrected chi connectivity index (χ4v) is 3.16. The summed E-state index contributed by atoms with van der Waals surface area (Å²) >= 11 is 0. The number of hydrogen-bond acceptors (Lipinski definition) is 13. The molecule has 0 aromatic heterocycles. The minimum Gasteiger partial charge on any atom is -0.502 e. The molecule has 41 heavy (non-hydrogen) atoms. The van der Waals surface area contributed by atoms with Crippen LogP contribution >= 0.6 is 0 Å². The Morgan fingerprint density at radius 3 is 1.68 bits per heavy atom. The number of rotatable bonds is 21. The zero-order valence-corrected chi connectivity index (χ0v) is 23.1. The van der Waals surface area contributed by atoms with E-state index in [-0.39, 0.29) is 64.6 Å². The Balaban J connectivity index is 0.00000509. The Kier molecular flexibility index (Phi) is 21.6. The summed E-state index contributed by atoms with van der Waals surface area (Å²) in [4.78, 5) is 76.2. The monoisotopic (exact) mass is 588 g/mol. The van der Waals surface area contributed by atoms with Gasteiger partial charge in [-0.3, -0.25) is 24.0 Å². The molecule has 15 nitrogen and oxygen atoms in total. The van der Waals surface area contributed by atoms with E-state index < -0.39 is 48.5 Å². The van der Waals surface area contributed by atoms with Crippen LogP contribution in [0.4, 0.5) is 0 Å². The fourth-order valence-electron chi connectivity index (χ4n) is 3.16. The number of imide groups is 1. The molecular formula is C26H40N2O13. The van der Waals surface area contributed by atoms with Crippen molar-refractivity contribution < 1.29 is 62.8 Å². The first-order valence-electron chi connectivity index (χ1n) is 13.0. The lowest BCUT2D eigenvalue weighted by molar-refractivity contribution is -0.197. The highest BCUT2D eigenvalue weighted by Crippen LogP contribution is 2.13. The van der Waals surface area contributed by atoms with E-state index in [1.807, 2.05) is 0 Å². The largest absolute Gasteiger partial charge is 0.502 e. The highest BCUT2D eigenvalue weighted by atomic mass is 16.7. The first kappa shape index (κ1) is 37.0. The van der Waals surface area contributed by atoms with Gasteiger partial charge in [0, 0.05) is 51.0 Å². The lowest BCUT2D eigenvalue weighted by atomic mass is 10.1. The van der Waals surface area contributed by atoms with Crippen molar-refractivity contribution in [3.63, 3.8) is 0 Å². The van der Waals surface area contributed by atoms with Crippen molar-refractivity contribution in [2.24, 2.45) is 0 Å². The number of carbonyl (C=O) groups is 6. The van der Waals surface area contributed by atoms with Gasteiger partial charge in [0.25, 0.3) is 11.8 Å². The number of nitrogens with one attached hydrogen (secondary N) is 1. The zero-order valence-electron chi connectivity index (χ0n) is 23.1. The molecule has 3 N–H and O–H groups in total. The molecule has 0 unspecified atom stereocenters. The molecule has 1 rings (SSSR count). The number of amides is 3. The van der Waals surface area contributed by atoms with Crippen LogP contribution in [0.5, 0.6) is 0 Å². The van der Waals surface area contributed by atoms with Crippen LogP contribution in [0.3, 0.4) is 0 Å². The summed E-state index contributed by atoms with van der Waals surface area (Å²) in [6, 6.07) is -0.575. The van der Waals surface area contributed by atoms with E-state index in [4.69, 9.17) is 34.0 Å². The second kappa shape index (κ2) is 23.9. The minimum absolute atomic E-state index is 0.0115. The van der Waals surface area contributed by atoms with Crippen LogP contribution in [0.15, 0.2) is 25.7 Å². The van der Waals surface area contributed by atoms with Crippen LogP contribution in [0, 0.1) is 0 Å². The molecular weight excluding hydrogens is 548 g/mol. The maximum absolute atomic E-state index is 12.4. The van der Waals surface area contributed by atoms with Gasteiger partial charge in [-0.05, 0) is 12.8 Å². The third-order valence-corrected chi connectivity index (χ3v) is 5.09. The molecule has 0 aliphatic carbocycles. The quantitative estimate of drug-likeness (QED) is 0.0551. The van der Waals surface area contributed by atoms with Crippen molar-refractivity contribution in [3.05, 3.63) is 25.7 Å². The predicted octanol–water partition coefficient (Wildman–Crippen LogP) is 0.534. The number of aliphatic hydroxyl groups excluding tert-OH is 1. The summed E-state index contributed by atoms with van der Waals surface area (Å²) in [6.45, 7) is 7.13. The van der Waals surface area contributed by atoms with Crippen LogP contribution in [0.2, 0.25) is 0 Å². The maximum atomic E-state index is 12.4. The third-order valence-electron chi connectivity index (χ3n) is 5.09. The van der Waals surface area contributed by atoms with E-state index in [1.165, 1.54) is 12.5 Å². The summed E-state index contributed by atoms with van der Waals surface area (Å²) in [5.74, 6) is -3.63.